The van der Waals surface area contributed by atoms with E-state index in [1.54, 1.807) is 0 Å². The van der Waals surface area contributed by atoms with E-state index in [-0.39, 0.29) is 30.5 Å². The molecule has 0 aromatic heterocycles. The van der Waals surface area contributed by atoms with E-state index in [1.807, 2.05) is 62.4 Å². The topological polar surface area (TPSA) is 108 Å². The third-order valence-electron chi connectivity index (χ3n) is 4.91. The number of amides is 1. The summed E-state index contributed by atoms with van der Waals surface area (Å²) in [5, 5.41) is 17.0. The quantitative estimate of drug-likeness (QED) is 0.254. The minimum atomic E-state index is -3.40. The average molecular weight is 588 g/mol. The minimum absolute atomic E-state index is 0.00517. The minimum Gasteiger partial charge on any atom is -0.390 e. The van der Waals surface area contributed by atoms with Crippen molar-refractivity contribution in [2.24, 2.45) is 5.92 Å². The molecule has 0 aliphatic rings. The van der Waals surface area contributed by atoms with Crippen molar-refractivity contribution in [3.8, 4) is 0 Å². The van der Waals surface area contributed by atoms with E-state index in [0.29, 0.717) is 19.5 Å². The van der Waals surface area contributed by atoms with E-state index < -0.39 is 22.2 Å². The number of halogens is 1. The molecule has 0 aliphatic carbocycles. The van der Waals surface area contributed by atoms with Crippen molar-refractivity contribution in [2.45, 2.75) is 45.4 Å². The first kappa shape index (κ1) is 27.7. The van der Waals surface area contributed by atoms with Crippen LogP contribution >= 0.6 is 22.6 Å². The van der Waals surface area contributed by atoms with Gasteiger partial charge in [-0.3, -0.25) is 4.79 Å². The number of hydrogen-bond acceptors (Lipinski definition) is 5. The zero-order chi connectivity index (χ0) is 24.3. The fourth-order valence-corrected chi connectivity index (χ4v) is 5.42. The molecule has 7 nitrogen and oxygen atoms in total. The molecule has 2 aromatic rings. The van der Waals surface area contributed by atoms with Gasteiger partial charge in [0.05, 0.1) is 17.9 Å². The predicted octanol–water partition coefficient (Wildman–Crippen LogP) is 2.43. The molecule has 0 radical (unpaired) electrons. The van der Waals surface area contributed by atoms with Gasteiger partial charge < -0.3 is 15.7 Å². The normalized spacial score (nSPS) is 13.6. The van der Waals surface area contributed by atoms with E-state index in [0.717, 1.165) is 14.7 Å². The molecule has 0 saturated heterocycles. The Morgan fingerprint density at radius 2 is 1.76 bits per heavy atom. The number of sulfonamides is 1. The maximum Gasteiger partial charge on any atom is 0.221 e. The number of carbonyl (C=O) groups excluding carboxylic acids is 1. The standard InChI is InChI=1S/C24H34IN3O4S/c1-18(2)17-33(31,32)27-12-11-24(30)28-22(14-19-7-4-3-5-8-19)23(29)16-26-15-20-9-6-10-21(25)13-20/h3-10,13,18,22-23,26-27,29H,11-12,14-17H2,1-2H3,(H,28,30). The number of aliphatic hydroxyl groups is 1. The molecule has 2 atom stereocenters. The van der Waals surface area contributed by atoms with Crippen molar-refractivity contribution >= 4 is 38.5 Å². The molecule has 0 heterocycles. The number of nitrogens with one attached hydrogen (secondary N) is 3. The zero-order valence-electron chi connectivity index (χ0n) is 19.1. The molecule has 0 saturated carbocycles. The Bertz CT molecular complexity index is 971. The second-order valence-electron chi connectivity index (χ2n) is 8.51. The van der Waals surface area contributed by atoms with Crippen molar-refractivity contribution in [3.05, 3.63) is 69.3 Å². The Kier molecular flexibility index (Phi) is 11.8. The molecule has 0 fully saturated rings. The van der Waals surface area contributed by atoms with Crippen LogP contribution in [0.1, 0.15) is 31.4 Å². The number of hydrogen-bond donors (Lipinski definition) is 4. The third kappa shape index (κ3) is 11.4. The number of rotatable bonds is 14. The van der Waals surface area contributed by atoms with Crippen LogP contribution in [0.4, 0.5) is 0 Å². The predicted molar refractivity (Wildman–Crippen MR) is 140 cm³/mol. The molecule has 2 unspecified atom stereocenters. The number of carbonyl (C=O) groups is 1. The summed E-state index contributed by atoms with van der Waals surface area (Å²) in [6, 6.07) is 17.2. The molecular weight excluding hydrogens is 553 g/mol. The molecule has 182 valence electrons. The van der Waals surface area contributed by atoms with Crippen molar-refractivity contribution in [3.63, 3.8) is 0 Å². The largest absolute Gasteiger partial charge is 0.390 e. The molecule has 0 bridgehead atoms. The van der Waals surface area contributed by atoms with Crippen LogP contribution in [0.3, 0.4) is 0 Å². The molecule has 1 amide bonds. The average Bonchev–Trinajstić information content (AvgIpc) is 2.73. The molecule has 9 heteroatoms. The van der Waals surface area contributed by atoms with Gasteiger partial charge in [-0.05, 0) is 58.2 Å². The Morgan fingerprint density at radius 1 is 1.06 bits per heavy atom. The van der Waals surface area contributed by atoms with Gasteiger partial charge in [0, 0.05) is 29.6 Å². The Balaban J connectivity index is 1.91. The summed E-state index contributed by atoms with van der Waals surface area (Å²) in [4.78, 5) is 12.5. The monoisotopic (exact) mass is 587 g/mol. The lowest BCUT2D eigenvalue weighted by Crippen LogP contribution is -2.49. The van der Waals surface area contributed by atoms with Crippen LogP contribution in [0.25, 0.3) is 0 Å². The molecular formula is C24H34IN3O4S. The van der Waals surface area contributed by atoms with E-state index in [9.17, 15) is 18.3 Å². The van der Waals surface area contributed by atoms with Gasteiger partial charge in [0.25, 0.3) is 0 Å². The van der Waals surface area contributed by atoms with Crippen molar-refractivity contribution in [1.82, 2.24) is 15.4 Å². The molecule has 2 aromatic carbocycles. The van der Waals surface area contributed by atoms with Crippen LogP contribution in [0.5, 0.6) is 0 Å². The third-order valence-corrected chi connectivity index (χ3v) is 7.33. The summed E-state index contributed by atoms with van der Waals surface area (Å²) in [5.41, 5.74) is 2.11. The Morgan fingerprint density at radius 3 is 2.42 bits per heavy atom. The summed E-state index contributed by atoms with van der Waals surface area (Å²) in [7, 11) is -3.40. The van der Waals surface area contributed by atoms with Gasteiger partial charge in [-0.1, -0.05) is 56.3 Å². The van der Waals surface area contributed by atoms with Gasteiger partial charge in [-0.2, -0.15) is 0 Å². The first-order valence-corrected chi connectivity index (χ1v) is 13.8. The van der Waals surface area contributed by atoms with Gasteiger partial charge in [-0.15, -0.1) is 0 Å². The Labute approximate surface area is 210 Å². The lowest BCUT2D eigenvalue weighted by Gasteiger charge is -2.25. The van der Waals surface area contributed by atoms with Crippen molar-refractivity contribution in [2.75, 3.05) is 18.8 Å². The van der Waals surface area contributed by atoms with Crippen LogP contribution in [-0.2, 0) is 27.8 Å². The fourth-order valence-electron chi connectivity index (χ4n) is 3.40. The highest BCUT2D eigenvalue weighted by molar-refractivity contribution is 14.1. The molecule has 0 aliphatic heterocycles. The van der Waals surface area contributed by atoms with Crippen LogP contribution in [0.2, 0.25) is 0 Å². The number of benzene rings is 2. The molecule has 4 N–H and O–H groups in total. The number of aliphatic hydroxyl groups excluding tert-OH is 1. The maximum atomic E-state index is 12.5. The summed E-state index contributed by atoms with van der Waals surface area (Å²) in [6.45, 7) is 4.60. The van der Waals surface area contributed by atoms with Crippen molar-refractivity contribution < 1.29 is 18.3 Å². The smallest absolute Gasteiger partial charge is 0.221 e. The second-order valence-corrected chi connectivity index (χ2v) is 11.6. The van der Waals surface area contributed by atoms with Crippen LogP contribution in [0.15, 0.2) is 54.6 Å². The Hall–Kier alpha value is -1.53. The first-order chi connectivity index (χ1) is 15.6. The molecule has 2 rings (SSSR count). The zero-order valence-corrected chi connectivity index (χ0v) is 22.1. The van der Waals surface area contributed by atoms with E-state index >= 15 is 0 Å². The lowest BCUT2D eigenvalue weighted by molar-refractivity contribution is -0.122. The van der Waals surface area contributed by atoms with Crippen LogP contribution in [-0.4, -0.2) is 50.4 Å². The SMILES string of the molecule is CC(C)CS(=O)(=O)NCCC(=O)NC(Cc1ccccc1)C(O)CNCc1cccc(I)c1. The highest BCUT2D eigenvalue weighted by Gasteiger charge is 2.22. The lowest BCUT2D eigenvalue weighted by atomic mass is 10.0. The van der Waals surface area contributed by atoms with Gasteiger partial charge in [-0.25, -0.2) is 13.1 Å². The molecule has 0 spiro atoms. The first-order valence-electron chi connectivity index (χ1n) is 11.1. The second kappa shape index (κ2) is 14.0. The van der Waals surface area contributed by atoms with Crippen LogP contribution < -0.4 is 15.4 Å². The van der Waals surface area contributed by atoms with Gasteiger partial charge in [0.15, 0.2) is 0 Å². The van der Waals surface area contributed by atoms with Crippen molar-refractivity contribution in [1.29, 1.82) is 0 Å². The summed E-state index contributed by atoms with van der Waals surface area (Å²) < 4.78 is 27.5. The summed E-state index contributed by atoms with van der Waals surface area (Å²) >= 11 is 2.26. The van der Waals surface area contributed by atoms with Gasteiger partial charge in [0.2, 0.25) is 15.9 Å². The summed E-state index contributed by atoms with van der Waals surface area (Å²) in [5.74, 6) is -0.274. The van der Waals surface area contributed by atoms with E-state index in [1.165, 1.54) is 0 Å². The summed E-state index contributed by atoms with van der Waals surface area (Å²) in [6.07, 6.45) is -0.335. The van der Waals surface area contributed by atoms with E-state index in [4.69, 9.17) is 0 Å². The molecule has 33 heavy (non-hydrogen) atoms. The van der Waals surface area contributed by atoms with E-state index in [2.05, 4.69) is 44.0 Å². The highest BCUT2D eigenvalue weighted by Crippen LogP contribution is 2.09. The highest BCUT2D eigenvalue weighted by atomic mass is 127. The van der Waals surface area contributed by atoms with Gasteiger partial charge in [0.1, 0.15) is 0 Å². The van der Waals surface area contributed by atoms with Gasteiger partial charge >= 0.3 is 0 Å². The van der Waals surface area contributed by atoms with Crippen LogP contribution in [0, 0.1) is 9.49 Å². The maximum absolute atomic E-state index is 12.5. The fraction of sp³-hybridized carbons (Fsp3) is 0.458.